The van der Waals surface area contributed by atoms with Crippen LogP contribution in [0.3, 0.4) is 0 Å². The van der Waals surface area contributed by atoms with Gasteiger partial charge in [0.1, 0.15) is 0 Å². The van der Waals surface area contributed by atoms with Crippen LogP contribution < -0.4 is 5.32 Å². The minimum atomic E-state index is -0.285. The second kappa shape index (κ2) is 7.48. The molecule has 7 nitrogen and oxygen atoms in total. The van der Waals surface area contributed by atoms with Gasteiger partial charge >= 0.3 is 0 Å². The molecule has 0 saturated carbocycles. The van der Waals surface area contributed by atoms with Crippen molar-refractivity contribution in [2.45, 2.75) is 20.4 Å². The number of rotatable bonds is 5. The van der Waals surface area contributed by atoms with E-state index in [1.807, 2.05) is 79.3 Å². The summed E-state index contributed by atoms with van der Waals surface area (Å²) < 4.78 is 3.51. The second-order valence-electron chi connectivity index (χ2n) is 6.63. The molecule has 2 heterocycles. The van der Waals surface area contributed by atoms with Gasteiger partial charge in [-0.2, -0.15) is 5.10 Å². The van der Waals surface area contributed by atoms with E-state index < -0.39 is 0 Å². The highest BCUT2D eigenvalue weighted by Crippen LogP contribution is 2.16. The van der Waals surface area contributed by atoms with E-state index in [2.05, 4.69) is 20.7 Å². The molecule has 0 atom stereocenters. The van der Waals surface area contributed by atoms with Crippen molar-refractivity contribution in [2.75, 3.05) is 5.32 Å². The van der Waals surface area contributed by atoms with Gasteiger partial charge in [0.15, 0.2) is 5.69 Å². The van der Waals surface area contributed by atoms with Crippen LogP contribution in [0.2, 0.25) is 0 Å². The van der Waals surface area contributed by atoms with Crippen LogP contribution in [0.25, 0.3) is 5.69 Å². The van der Waals surface area contributed by atoms with E-state index in [1.165, 1.54) is 0 Å². The van der Waals surface area contributed by atoms with E-state index in [-0.39, 0.29) is 5.91 Å². The SMILES string of the molecule is Cc1cccc(-n2nnc(C(=O)Nc3cccc(Cn4cccn4)c3)c2C)c1. The summed E-state index contributed by atoms with van der Waals surface area (Å²) in [6.45, 7) is 4.49. The highest BCUT2D eigenvalue weighted by atomic mass is 16.2. The van der Waals surface area contributed by atoms with Gasteiger partial charge in [0, 0.05) is 18.1 Å². The number of aryl methyl sites for hydroxylation is 1. The molecule has 2 aromatic heterocycles. The normalized spacial score (nSPS) is 10.8. The van der Waals surface area contributed by atoms with Crippen LogP contribution in [-0.4, -0.2) is 30.7 Å². The molecule has 28 heavy (non-hydrogen) atoms. The summed E-state index contributed by atoms with van der Waals surface area (Å²) in [5.74, 6) is -0.285. The number of nitrogens with zero attached hydrogens (tertiary/aromatic N) is 5. The van der Waals surface area contributed by atoms with Crippen molar-refractivity contribution in [1.29, 1.82) is 0 Å². The van der Waals surface area contributed by atoms with Crippen LogP contribution in [0.1, 0.15) is 27.3 Å². The number of carbonyl (C=O) groups is 1. The maximum Gasteiger partial charge on any atom is 0.278 e. The number of anilines is 1. The number of aromatic nitrogens is 5. The fourth-order valence-electron chi connectivity index (χ4n) is 3.06. The van der Waals surface area contributed by atoms with E-state index in [9.17, 15) is 4.79 Å². The van der Waals surface area contributed by atoms with Gasteiger partial charge in [-0.1, -0.05) is 29.5 Å². The van der Waals surface area contributed by atoms with Crippen molar-refractivity contribution in [1.82, 2.24) is 24.8 Å². The Balaban J connectivity index is 1.53. The monoisotopic (exact) mass is 372 g/mol. The molecule has 4 rings (SSSR count). The number of hydrogen-bond donors (Lipinski definition) is 1. The van der Waals surface area contributed by atoms with Crippen molar-refractivity contribution < 1.29 is 4.79 Å². The number of benzene rings is 2. The van der Waals surface area contributed by atoms with Crippen LogP contribution in [0.15, 0.2) is 67.0 Å². The predicted octanol–water partition coefficient (Wildman–Crippen LogP) is 3.38. The Morgan fingerprint density at radius 1 is 1.07 bits per heavy atom. The number of nitrogens with one attached hydrogen (secondary N) is 1. The Morgan fingerprint density at radius 2 is 1.93 bits per heavy atom. The Labute approximate surface area is 162 Å². The zero-order chi connectivity index (χ0) is 19.5. The van der Waals surface area contributed by atoms with Gasteiger partial charge in [-0.3, -0.25) is 9.48 Å². The summed E-state index contributed by atoms with van der Waals surface area (Å²) in [5, 5.41) is 15.4. The van der Waals surface area contributed by atoms with Crippen LogP contribution >= 0.6 is 0 Å². The fraction of sp³-hybridized carbons (Fsp3) is 0.143. The number of amides is 1. The highest BCUT2D eigenvalue weighted by molar-refractivity contribution is 6.03. The lowest BCUT2D eigenvalue weighted by Crippen LogP contribution is -2.14. The third kappa shape index (κ3) is 3.68. The zero-order valence-corrected chi connectivity index (χ0v) is 15.7. The molecule has 0 fully saturated rings. The molecule has 4 aromatic rings. The molecule has 0 bridgehead atoms. The molecule has 140 valence electrons. The van der Waals surface area contributed by atoms with E-state index >= 15 is 0 Å². The third-order valence-electron chi connectivity index (χ3n) is 4.44. The highest BCUT2D eigenvalue weighted by Gasteiger charge is 2.17. The van der Waals surface area contributed by atoms with E-state index in [0.717, 1.165) is 16.8 Å². The quantitative estimate of drug-likeness (QED) is 0.583. The molecule has 1 N–H and O–H groups in total. The van der Waals surface area contributed by atoms with Crippen LogP contribution in [0, 0.1) is 13.8 Å². The minimum Gasteiger partial charge on any atom is -0.321 e. The average Bonchev–Trinajstić information content (AvgIpc) is 3.31. The molecule has 0 aliphatic rings. The Morgan fingerprint density at radius 3 is 2.71 bits per heavy atom. The van der Waals surface area contributed by atoms with E-state index in [4.69, 9.17) is 0 Å². The molecule has 0 spiro atoms. The fourth-order valence-corrected chi connectivity index (χ4v) is 3.06. The first-order chi connectivity index (χ1) is 13.6. The molecule has 0 radical (unpaired) electrons. The lowest BCUT2D eigenvalue weighted by molar-refractivity contribution is 0.102. The maximum atomic E-state index is 12.7. The van der Waals surface area contributed by atoms with Crippen molar-refractivity contribution >= 4 is 11.6 Å². The summed E-state index contributed by atoms with van der Waals surface area (Å²) >= 11 is 0. The molecular formula is C21H20N6O. The Kier molecular flexibility index (Phi) is 4.72. The second-order valence-corrected chi connectivity index (χ2v) is 6.63. The van der Waals surface area contributed by atoms with Gasteiger partial charge in [0.2, 0.25) is 0 Å². The average molecular weight is 372 g/mol. The molecule has 0 unspecified atom stereocenters. The summed E-state index contributed by atoms with van der Waals surface area (Å²) in [4.78, 5) is 12.7. The lowest BCUT2D eigenvalue weighted by Gasteiger charge is -2.08. The van der Waals surface area contributed by atoms with Crippen molar-refractivity contribution in [3.05, 3.63) is 89.5 Å². The number of carbonyl (C=O) groups excluding carboxylic acids is 1. The van der Waals surface area contributed by atoms with Crippen molar-refractivity contribution in [3.63, 3.8) is 0 Å². The Bertz CT molecular complexity index is 1110. The summed E-state index contributed by atoms with van der Waals surface area (Å²) in [6, 6.07) is 17.5. The smallest absolute Gasteiger partial charge is 0.278 e. The standard InChI is InChI=1S/C21H20N6O/c1-15-6-3-9-19(12-15)27-16(2)20(24-25-27)21(28)23-18-8-4-7-17(13-18)14-26-11-5-10-22-26/h3-13H,14H2,1-2H3,(H,23,28). The molecule has 2 aromatic carbocycles. The predicted molar refractivity (Wildman–Crippen MR) is 107 cm³/mol. The van der Waals surface area contributed by atoms with Crippen molar-refractivity contribution in [2.24, 2.45) is 0 Å². The molecular weight excluding hydrogens is 352 g/mol. The molecule has 0 aliphatic heterocycles. The molecule has 1 amide bonds. The van der Waals surface area contributed by atoms with Gasteiger partial charge < -0.3 is 5.32 Å². The van der Waals surface area contributed by atoms with E-state index in [1.54, 1.807) is 10.9 Å². The summed E-state index contributed by atoms with van der Waals surface area (Å²) in [5.41, 5.74) is 4.74. The number of hydrogen-bond acceptors (Lipinski definition) is 4. The Hall–Kier alpha value is -3.74. The minimum absolute atomic E-state index is 0.285. The van der Waals surface area contributed by atoms with Crippen molar-refractivity contribution in [3.8, 4) is 5.69 Å². The maximum absolute atomic E-state index is 12.7. The van der Waals surface area contributed by atoms with E-state index in [0.29, 0.717) is 23.6 Å². The lowest BCUT2D eigenvalue weighted by atomic mass is 10.2. The van der Waals surface area contributed by atoms with Gasteiger partial charge in [-0.15, -0.1) is 5.10 Å². The molecule has 0 aliphatic carbocycles. The van der Waals surface area contributed by atoms with Gasteiger partial charge in [-0.05, 0) is 55.3 Å². The largest absolute Gasteiger partial charge is 0.321 e. The van der Waals surface area contributed by atoms with Gasteiger partial charge in [0.25, 0.3) is 5.91 Å². The van der Waals surface area contributed by atoms with Gasteiger partial charge in [-0.25, -0.2) is 4.68 Å². The topological polar surface area (TPSA) is 77.6 Å². The summed E-state index contributed by atoms with van der Waals surface area (Å²) in [6.07, 6.45) is 3.64. The molecule has 7 heteroatoms. The van der Waals surface area contributed by atoms with Crippen LogP contribution in [0.5, 0.6) is 0 Å². The van der Waals surface area contributed by atoms with Gasteiger partial charge in [0.05, 0.1) is 17.9 Å². The first kappa shape index (κ1) is 17.7. The summed E-state index contributed by atoms with van der Waals surface area (Å²) in [7, 11) is 0. The third-order valence-corrected chi connectivity index (χ3v) is 4.44. The first-order valence-electron chi connectivity index (χ1n) is 8.97. The van der Waals surface area contributed by atoms with Crippen LogP contribution in [-0.2, 0) is 6.54 Å². The zero-order valence-electron chi connectivity index (χ0n) is 15.7. The van der Waals surface area contributed by atoms with Crippen LogP contribution in [0.4, 0.5) is 5.69 Å². The first-order valence-corrected chi connectivity index (χ1v) is 8.97. The molecule has 0 saturated heterocycles.